The number of amides is 2. The smallest absolute Gasteiger partial charge is 0.228 e. The van der Waals surface area contributed by atoms with E-state index in [-0.39, 0.29) is 17.7 Å². The highest BCUT2D eigenvalue weighted by Crippen LogP contribution is 2.31. The molecular formula is C20H22N2O2. The second-order valence-corrected chi connectivity index (χ2v) is 6.44. The molecule has 1 aliphatic rings. The molecule has 124 valence electrons. The number of benzene rings is 2. The van der Waals surface area contributed by atoms with Crippen molar-refractivity contribution < 1.29 is 9.59 Å². The van der Waals surface area contributed by atoms with Crippen LogP contribution in [-0.2, 0) is 16.0 Å². The largest absolute Gasteiger partial charge is 0.326 e. The first-order chi connectivity index (χ1) is 11.5. The van der Waals surface area contributed by atoms with E-state index in [1.807, 2.05) is 56.3 Å². The van der Waals surface area contributed by atoms with Gasteiger partial charge in [0.15, 0.2) is 0 Å². The maximum absolute atomic E-state index is 12.3. The normalized spacial score (nSPS) is 13.4. The number of hydrogen-bond donors (Lipinski definition) is 2. The zero-order valence-corrected chi connectivity index (χ0v) is 14.1. The van der Waals surface area contributed by atoms with Crippen molar-refractivity contribution in [2.24, 2.45) is 5.92 Å². The summed E-state index contributed by atoms with van der Waals surface area (Å²) in [6.45, 7) is 3.95. The molecule has 0 spiro atoms. The van der Waals surface area contributed by atoms with E-state index in [4.69, 9.17) is 0 Å². The van der Waals surface area contributed by atoms with Crippen LogP contribution in [-0.4, -0.2) is 11.8 Å². The van der Waals surface area contributed by atoms with Crippen molar-refractivity contribution in [1.82, 2.24) is 0 Å². The Balaban J connectivity index is 1.67. The number of hydrogen-bond acceptors (Lipinski definition) is 2. The Hall–Kier alpha value is -2.62. The minimum absolute atomic E-state index is 0.0624. The van der Waals surface area contributed by atoms with Crippen LogP contribution in [0, 0.1) is 19.8 Å². The Morgan fingerprint density at radius 1 is 1.00 bits per heavy atom. The Labute approximate surface area is 142 Å². The van der Waals surface area contributed by atoms with Crippen LogP contribution in [0.15, 0.2) is 42.5 Å². The van der Waals surface area contributed by atoms with Gasteiger partial charge in [-0.3, -0.25) is 9.59 Å². The number of nitrogens with one attached hydrogen (secondary N) is 2. The van der Waals surface area contributed by atoms with Crippen LogP contribution in [0.25, 0.3) is 0 Å². The summed E-state index contributed by atoms with van der Waals surface area (Å²) in [6.07, 6.45) is 2.28. The van der Waals surface area contributed by atoms with Crippen LogP contribution in [0.3, 0.4) is 0 Å². The summed E-state index contributed by atoms with van der Waals surface area (Å²) in [6, 6.07) is 13.5. The Bertz CT molecular complexity index is 779. The summed E-state index contributed by atoms with van der Waals surface area (Å²) in [5, 5.41) is 5.87. The average molecular weight is 322 g/mol. The van der Waals surface area contributed by atoms with Crippen LogP contribution < -0.4 is 10.6 Å². The SMILES string of the molecule is Cc1ccccc1CC(=O)Nc1ccc(C)c(NC(=O)C2CC2)c1. The summed E-state index contributed by atoms with van der Waals surface area (Å²) >= 11 is 0. The van der Waals surface area contributed by atoms with Gasteiger partial charge in [0.05, 0.1) is 6.42 Å². The molecule has 2 N–H and O–H groups in total. The van der Waals surface area contributed by atoms with Gasteiger partial charge in [-0.25, -0.2) is 0 Å². The molecule has 1 aliphatic carbocycles. The fraction of sp³-hybridized carbons (Fsp3) is 0.300. The zero-order chi connectivity index (χ0) is 17.1. The van der Waals surface area contributed by atoms with E-state index in [2.05, 4.69) is 10.6 Å². The number of carbonyl (C=O) groups excluding carboxylic acids is 2. The second-order valence-electron chi connectivity index (χ2n) is 6.44. The molecule has 2 amide bonds. The molecule has 0 aromatic heterocycles. The van der Waals surface area contributed by atoms with Crippen LogP contribution in [0.1, 0.15) is 29.5 Å². The molecule has 0 bridgehead atoms. The molecule has 0 saturated heterocycles. The lowest BCUT2D eigenvalue weighted by molar-refractivity contribution is -0.117. The molecule has 3 rings (SSSR count). The first-order valence-electron chi connectivity index (χ1n) is 8.29. The number of aryl methyl sites for hydroxylation is 2. The number of rotatable bonds is 5. The number of carbonyl (C=O) groups is 2. The molecule has 4 heteroatoms. The van der Waals surface area contributed by atoms with Gasteiger partial charge in [-0.1, -0.05) is 30.3 Å². The van der Waals surface area contributed by atoms with Gasteiger partial charge in [0.1, 0.15) is 0 Å². The average Bonchev–Trinajstić information content (AvgIpc) is 3.38. The molecule has 1 fully saturated rings. The first-order valence-corrected chi connectivity index (χ1v) is 8.29. The summed E-state index contributed by atoms with van der Waals surface area (Å²) in [5.74, 6) is 0.165. The molecule has 0 unspecified atom stereocenters. The van der Waals surface area contributed by atoms with Crippen molar-refractivity contribution >= 4 is 23.2 Å². The highest BCUT2D eigenvalue weighted by atomic mass is 16.2. The second kappa shape index (κ2) is 6.87. The molecule has 2 aromatic rings. The van der Waals surface area contributed by atoms with Gasteiger partial charge in [0.25, 0.3) is 0 Å². The fourth-order valence-corrected chi connectivity index (χ4v) is 2.60. The van der Waals surface area contributed by atoms with E-state index in [1.54, 1.807) is 0 Å². The predicted octanol–water partition coefficient (Wildman–Crippen LogP) is 3.83. The summed E-state index contributed by atoms with van der Waals surface area (Å²) in [4.78, 5) is 24.2. The van der Waals surface area contributed by atoms with E-state index in [0.717, 1.165) is 35.2 Å². The van der Waals surface area contributed by atoms with Crippen molar-refractivity contribution in [2.75, 3.05) is 10.6 Å². The van der Waals surface area contributed by atoms with Crippen LogP contribution >= 0.6 is 0 Å². The Morgan fingerprint density at radius 3 is 2.46 bits per heavy atom. The molecule has 1 saturated carbocycles. The molecule has 24 heavy (non-hydrogen) atoms. The minimum Gasteiger partial charge on any atom is -0.326 e. The summed E-state index contributed by atoms with van der Waals surface area (Å²) in [7, 11) is 0. The molecule has 4 nitrogen and oxygen atoms in total. The van der Waals surface area contributed by atoms with Gasteiger partial charge in [0.2, 0.25) is 11.8 Å². The standard InChI is InChI=1S/C20H22N2O2/c1-13-5-3-4-6-16(13)11-19(23)21-17-10-7-14(2)18(12-17)22-20(24)15-8-9-15/h3-7,10,12,15H,8-9,11H2,1-2H3,(H,21,23)(H,22,24). The topological polar surface area (TPSA) is 58.2 Å². The van der Waals surface area contributed by atoms with E-state index in [1.165, 1.54) is 0 Å². The molecule has 0 heterocycles. The van der Waals surface area contributed by atoms with E-state index >= 15 is 0 Å². The monoisotopic (exact) mass is 322 g/mol. The van der Waals surface area contributed by atoms with E-state index in [9.17, 15) is 9.59 Å². The van der Waals surface area contributed by atoms with Crippen molar-refractivity contribution in [3.05, 3.63) is 59.2 Å². The third kappa shape index (κ3) is 4.02. The summed E-state index contributed by atoms with van der Waals surface area (Å²) < 4.78 is 0. The lowest BCUT2D eigenvalue weighted by Gasteiger charge is -2.12. The fourth-order valence-electron chi connectivity index (χ4n) is 2.60. The summed E-state index contributed by atoms with van der Waals surface area (Å²) in [5.41, 5.74) is 4.57. The predicted molar refractivity (Wildman–Crippen MR) is 96.0 cm³/mol. The third-order valence-corrected chi connectivity index (χ3v) is 4.34. The quantitative estimate of drug-likeness (QED) is 0.879. The molecule has 0 radical (unpaired) electrons. The van der Waals surface area contributed by atoms with Crippen LogP contribution in [0.4, 0.5) is 11.4 Å². The van der Waals surface area contributed by atoms with Gasteiger partial charge < -0.3 is 10.6 Å². The first kappa shape index (κ1) is 16.2. The van der Waals surface area contributed by atoms with Crippen molar-refractivity contribution in [3.8, 4) is 0 Å². The lowest BCUT2D eigenvalue weighted by Crippen LogP contribution is -2.17. The van der Waals surface area contributed by atoms with E-state index in [0.29, 0.717) is 12.1 Å². The minimum atomic E-state index is -0.0624. The Morgan fingerprint density at radius 2 is 1.75 bits per heavy atom. The maximum Gasteiger partial charge on any atom is 0.228 e. The third-order valence-electron chi connectivity index (χ3n) is 4.34. The van der Waals surface area contributed by atoms with E-state index < -0.39 is 0 Å². The highest BCUT2D eigenvalue weighted by Gasteiger charge is 2.29. The van der Waals surface area contributed by atoms with Gasteiger partial charge >= 0.3 is 0 Å². The van der Waals surface area contributed by atoms with Gasteiger partial charge in [-0.15, -0.1) is 0 Å². The zero-order valence-electron chi connectivity index (χ0n) is 14.1. The van der Waals surface area contributed by atoms with Gasteiger partial charge in [-0.2, -0.15) is 0 Å². The molecular weight excluding hydrogens is 300 g/mol. The molecule has 2 aromatic carbocycles. The van der Waals surface area contributed by atoms with Gasteiger partial charge in [0, 0.05) is 17.3 Å². The van der Waals surface area contributed by atoms with Crippen molar-refractivity contribution in [1.29, 1.82) is 0 Å². The Kier molecular flexibility index (Phi) is 4.65. The van der Waals surface area contributed by atoms with Crippen molar-refractivity contribution in [2.45, 2.75) is 33.1 Å². The number of anilines is 2. The van der Waals surface area contributed by atoms with Gasteiger partial charge in [-0.05, 0) is 55.5 Å². The van der Waals surface area contributed by atoms with Crippen molar-refractivity contribution in [3.63, 3.8) is 0 Å². The molecule has 0 aliphatic heterocycles. The molecule has 0 atom stereocenters. The maximum atomic E-state index is 12.3. The van der Waals surface area contributed by atoms with Crippen LogP contribution in [0.5, 0.6) is 0 Å². The highest BCUT2D eigenvalue weighted by molar-refractivity contribution is 5.97. The lowest BCUT2D eigenvalue weighted by atomic mass is 10.1. The van der Waals surface area contributed by atoms with Crippen LogP contribution in [0.2, 0.25) is 0 Å².